The van der Waals surface area contributed by atoms with E-state index in [0.29, 0.717) is 17.7 Å². The molecule has 5 heteroatoms. The topological polar surface area (TPSA) is 73.1 Å². The Kier molecular flexibility index (Phi) is 3.34. The first kappa shape index (κ1) is 10.2. The van der Waals surface area contributed by atoms with E-state index in [-0.39, 0.29) is 0 Å². The summed E-state index contributed by atoms with van der Waals surface area (Å²) in [5.74, 6) is 1.77. The second-order valence-electron chi connectivity index (χ2n) is 3.74. The van der Waals surface area contributed by atoms with Crippen molar-refractivity contribution in [1.82, 2.24) is 9.97 Å². The first-order chi connectivity index (χ1) is 7.34. The normalized spacial score (nSPS) is 17.6. The molecule has 82 valence electrons. The maximum absolute atomic E-state index is 5.56. The predicted molar refractivity (Wildman–Crippen MR) is 58.5 cm³/mol. The Morgan fingerprint density at radius 1 is 1.47 bits per heavy atom. The number of nitrogens with zero attached hydrogens (tertiary/aromatic N) is 2. The van der Waals surface area contributed by atoms with Crippen LogP contribution in [0.5, 0.6) is 0 Å². The van der Waals surface area contributed by atoms with Crippen LogP contribution in [0.1, 0.15) is 12.8 Å². The zero-order valence-corrected chi connectivity index (χ0v) is 8.65. The maximum atomic E-state index is 5.56. The van der Waals surface area contributed by atoms with E-state index in [2.05, 4.69) is 15.3 Å². The lowest BCUT2D eigenvalue weighted by Gasteiger charge is -2.22. The summed E-state index contributed by atoms with van der Waals surface area (Å²) in [6.45, 7) is 2.63. The fourth-order valence-corrected chi connectivity index (χ4v) is 1.64. The number of hydrogen-bond acceptors (Lipinski definition) is 5. The molecule has 0 atom stereocenters. The predicted octanol–water partition coefficient (Wildman–Crippen LogP) is 0.897. The minimum Gasteiger partial charge on any atom is -0.384 e. The summed E-state index contributed by atoms with van der Waals surface area (Å²) >= 11 is 0. The third kappa shape index (κ3) is 3.06. The van der Waals surface area contributed by atoms with Gasteiger partial charge in [-0.15, -0.1) is 0 Å². The van der Waals surface area contributed by atoms with Gasteiger partial charge in [0.25, 0.3) is 0 Å². The van der Waals surface area contributed by atoms with Crippen LogP contribution < -0.4 is 11.1 Å². The molecule has 2 heterocycles. The summed E-state index contributed by atoms with van der Waals surface area (Å²) in [4.78, 5) is 8.17. The van der Waals surface area contributed by atoms with Crippen molar-refractivity contribution >= 4 is 11.8 Å². The molecule has 0 bridgehead atoms. The number of aromatic nitrogens is 2. The zero-order valence-electron chi connectivity index (χ0n) is 8.65. The molecule has 0 unspecified atom stereocenters. The molecule has 1 aromatic heterocycles. The molecule has 0 aromatic carbocycles. The fourth-order valence-electron chi connectivity index (χ4n) is 1.64. The van der Waals surface area contributed by atoms with Crippen molar-refractivity contribution in [2.24, 2.45) is 5.92 Å². The summed E-state index contributed by atoms with van der Waals surface area (Å²) in [5, 5.41) is 3.20. The second kappa shape index (κ2) is 4.93. The zero-order chi connectivity index (χ0) is 10.5. The second-order valence-corrected chi connectivity index (χ2v) is 3.74. The van der Waals surface area contributed by atoms with Gasteiger partial charge in [0.05, 0.1) is 0 Å². The third-order valence-electron chi connectivity index (χ3n) is 2.57. The molecule has 15 heavy (non-hydrogen) atoms. The number of hydrogen-bond donors (Lipinski definition) is 2. The largest absolute Gasteiger partial charge is 0.384 e. The molecule has 1 fully saturated rings. The Bertz CT molecular complexity index is 312. The Morgan fingerprint density at radius 2 is 2.27 bits per heavy atom. The molecule has 5 nitrogen and oxygen atoms in total. The molecule has 1 saturated heterocycles. The molecular weight excluding hydrogens is 192 g/mol. The van der Waals surface area contributed by atoms with Crippen LogP contribution in [-0.2, 0) is 4.74 Å². The van der Waals surface area contributed by atoms with Crippen molar-refractivity contribution in [3.63, 3.8) is 0 Å². The Balaban J connectivity index is 1.81. The van der Waals surface area contributed by atoms with Gasteiger partial charge in [-0.05, 0) is 24.8 Å². The van der Waals surface area contributed by atoms with Gasteiger partial charge in [0.2, 0.25) is 5.95 Å². The van der Waals surface area contributed by atoms with E-state index >= 15 is 0 Å². The Hall–Kier alpha value is -1.36. The SMILES string of the molecule is Nc1ccnc(NCC2CCOCC2)n1. The van der Waals surface area contributed by atoms with E-state index in [0.717, 1.165) is 32.6 Å². The average Bonchev–Trinajstić information content (AvgIpc) is 2.28. The lowest BCUT2D eigenvalue weighted by Crippen LogP contribution is -2.23. The van der Waals surface area contributed by atoms with Crippen LogP contribution in [0.2, 0.25) is 0 Å². The molecular formula is C10H16N4O. The van der Waals surface area contributed by atoms with Crippen molar-refractivity contribution < 1.29 is 4.74 Å². The third-order valence-corrected chi connectivity index (χ3v) is 2.57. The van der Waals surface area contributed by atoms with Gasteiger partial charge in [-0.1, -0.05) is 0 Å². The van der Waals surface area contributed by atoms with Gasteiger partial charge >= 0.3 is 0 Å². The summed E-state index contributed by atoms with van der Waals surface area (Å²) in [5.41, 5.74) is 5.56. The van der Waals surface area contributed by atoms with Crippen molar-refractivity contribution in [3.05, 3.63) is 12.3 Å². The van der Waals surface area contributed by atoms with Crippen LogP contribution in [0.4, 0.5) is 11.8 Å². The highest BCUT2D eigenvalue weighted by Gasteiger charge is 2.13. The van der Waals surface area contributed by atoms with E-state index in [9.17, 15) is 0 Å². The van der Waals surface area contributed by atoms with Gasteiger partial charge in [-0.25, -0.2) is 4.98 Å². The highest BCUT2D eigenvalue weighted by atomic mass is 16.5. The highest BCUT2D eigenvalue weighted by Crippen LogP contribution is 2.14. The van der Waals surface area contributed by atoms with Gasteiger partial charge in [0.15, 0.2) is 0 Å². The van der Waals surface area contributed by atoms with E-state index in [1.54, 1.807) is 12.3 Å². The van der Waals surface area contributed by atoms with Crippen LogP contribution in [0.15, 0.2) is 12.3 Å². The maximum Gasteiger partial charge on any atom is 0.224 e. The molecule has 0 radical (unpaired) electrons. The standard InChI is InChI=1S/C10H16N4O/c11-9-1-4-12-10(14-9)13-7-8-2-5-15-6-3-8/h1,4,8H,2-3,5-7H2,(H3,11,12,13,14). The molecule has 0 saturated carbocycles. The van der Waals surface area contributed by atoms with Crippen molar-refractivity contribution in [2.45, 2.75) is 12.8 Å². The minimum absolute atomic E-state index is 0.500. The van der Waals surface area contributed by atoms with Crippen LogP contribution in [0, 0.1) is 5.92 Å². The molecule has 0 aliphatic carbocycles. The molecule has 1 aliphatic heterocycles. The first-order valence-electron chi connectivity index (χ1n) is 5.25. The molecule has 0 amide bonds. The van der Waals surface area contributed by atoms with Crippen LogP contribution in [0.25, 0.3) is 0 Å². The lowest BCUT2D eigenvalue weighted by molar-refractivity contribution is 0.0699. The van der Waals surface area contributed by atoms with E-state index in [1.807, 2.05) is 0 Å². The molecule has 1 aromatic rings. The summed E-state index contributed by atoms with van der Waals surface area (Å²) in [7, 11) is 0. The van der Waals surface area contributed by atoms with Crippen molar-refractivity contribution in [1.29, 1.82) is 0 Å². The van der Waals surface area contributed by atoms with Gasteiger partial charge in [-0.3, -0.25) is 0 Å². The van der Waals surface area contributed by atoms with E-state index in [4.69, 9.17) is 10.5 Å². The summed E-state index contributed by atoms with van der Waals surface area (Å²) in [6.07, 6.45) is 3.87. The first-order valence-corrected chi connectivity index (χ1v) is 5.25. The van der Waals surface area contributed by atoms with Crippen molar-refractivity contribution in [2.75, 3.05) is 30.8 Å². The molecule has 0 spiro atoms. The monoisotopic (exact) mass is 208 g/mol. The van der Waals surface area contributed by atoms with E-state index < -0.39 is 0 Å². The van der Waals surface area contributed by atoms with Crippen LogP contribution in [-0.4, -0.2) is 29.7 Å². The van der Waals surface area contributed by atoms with Gasteiger partial charge in [0, 0.05) is 26.0 Å². The summed E-state index contributed by atoms with van der Waals surface area (Å²) in [6, 6.07) is 1.68. The minimum atomic E-state index is 0.500. The fraction of sp³-hybridized carbons (Fsp3) is 0.600. The van der Waals surface area contributed by atoms with Crippen molar-refractivity contribution in [3.8, 4) is 0 Å². The number of nitrogens with two attached hydrogens (primary N) is 1. The average molecular weight is 208 g/mol. The number of nitrogen functional groups attached to an aromatic ring is 1. The smallest absolute Gasteiger partial charge is 0.224 e. The quantitative estimate of drug-likeness (QED) is 0.772. The Morgan fingerprint density at radius 3 is 3.00 bits per heavy atom. The van der Waals surface area contributed by atoms with E-state index in [1.165, 1.54) is 0 Å². The molecule has 3 N–H and O–H groups in total. The number of nitrogens with one attached hydrogen (secondary N) is 1. The number of ether oxygens (including phenoxy) is 1. The number of anilines is 2. The van der Waals surface area contributed by atoms with Gasteiger partial charge in [0.1, 0.15) is 5.82 Å². The Labute approximate surface area is 89.1 Å². The lowest BCUT2D eigenvalue weighted by atomic mass is 10.0. The molecule has 2 rings (SSSR count). The van der Waals surface area contributed by atoms with Gasteiger partial charge in [-0.2, -0.15) is 4.98 Å². The molecule has 1 aliphatic rings. The van der Waals surface area contributed by atoms with Crippen LogP contribution >= 0.6 is 0 Å². The van der Waals surface area contributed by atoms with Gasteiger partial charge < -0.3 is 15.8 Å². The van der Waals surface area contributed by atoms with Crippen LogP contribution in [0.3, 0.4) is 0 Å². The number of rotatable bonds is 3. The summed E-state index contributed by atoms with van der Waals surface area (Å²) < 4.78 is 5.29. The highest BCUT2D eigenvalue weighted by molar-refractivity contribution is 5.34.